The van der Waals surface area contributed by atoms with Crippen LogP contribution in [-0.2, 0) is 14.3 Å². The zero-order chi connectivity index (χ0) is 12.8. The van der Waals surface area contributed by atoms with Gasteiger partial charge >= 0.3 is 5.97 Å². The number of aliphatic carboxylic acids is 1. The highest BCUT2D eigenvalue weighted by Crippen LogP contribution is 1.99. The van der Waals surface area contributed by atoms with E-state index < -0.39 is 5.97 Å². The van der Waals surface area contributed by atoms with Crippen LogP contribution in [0.15, 0.2) is 11.6 Å². The second-order valence-electron chi connectivity index (χ2n) is 4.30. The maximum Gasteiger partial charge on any atom is 0.333 e. The van der Waals surface area contributed by atoms with Gasteiger partial charge in [0.25, 0.3) is 0 Å². The molecule has 0 fully saturated rings. The van der Waals surface area contributed by atoms with Crippen LogP contribution in [0, 0.1) is 0 Å². The molecule has 0 aliphatic carbocycles. The molecule has 0 aliphatic heterocycles. The fraction of sp³-hybridized carbons (Fsp3) is 0.636. The van der Waals surface area contributed by atoms with Crippen molar-refractivity contribution in [3.63, 3.8) is 0 Å². The number of rotatable bonds is 6. The molecule has 0 atom stereocenters. The standard InChI is InChI=1S/C11H19NO4/c1-5-9(2)11(15)16-7-6-12(3,4)8-10(13)14/h5H,6-8H2,1-4H3/b9-5+. The van der Waals surface area contributed by atoms with Gasteiger partial charge in [0.15, 0.2) is 0 Å². The van der Waals surface area contributed by atoms with Gasteiger partial charge in [-0.15, -0.1) is 0 Å². The fourth-order valence-corrected chi connectivity index (χ4v) is 1.05. The maximum atomic E-state index is 11.3. The minimum Gasteiger partial charge on any atom is -0.544 e. The van der Waals surface area contributed by atoms with Gasteiger partial charge in [0.05, 0.1) is 20.1 Å². The topological polar surface area (TPSA) is 66.4 Å². The van der Waals surface area contributed by atoms with E-state index in [0.717, 1.165) is 0 Å². The summed E-state index contributed by atoms with van der Waals surface area (Å²) in [6.07, 6.45) is 1.67. The molecule has 0 amide bonds. The third kappa shape index (κ3) is 6.19. The lowest BCUT2D eigenvalue weighted by Gasteiger charge is -2.29. The van der Waals surface area contributed by atoms with Crippen LogP contribution in [0.5, 0.6) is 0 Å². The molecule has 0 saturated carbocycles. The van der Waals surface area contributed by atoms with Crippen molar-refractivity contribution in [2.45, 2.75) is 13.8 Å². The third-order valence-electron chi connectivity index (χ3n) is 2.24. The van der Waals surface area contributed by atoms with Crippen LogP contribution in [0.3, 0.4) is 0 Å². The summed E-state index contributed by atoms with van der Waals surface area (Å²) < 4.78 is 5.20. The van der Waals surface area contributed by atoms with Gasteiger partial charge in [0.2, 0.25) is 0 Å². The van der Waals surface area contributed by atoms with Gasteiger partial charge in [-0.1, -0.05) is 6.08 Å². The second-order valence-corrected chi connectivity index (χ2v) is 4.30. The summed E-state index contributed by atoms with van der Waals surface area (Å²) >= 11 is 0. The molecule has 0 spiro atoms. The van der Waals surface area contributed by atoms with E-state index in [2.05, 4.69) is 0 Å². The van der Waals surface area contributed by atoms with Crippen molar-refractivity contribution in [3.05, 3.63) is 11.6 Å². The molecule has 16 heavy (non-hydrogen) atoms. The van der Waals surface area contributed by atoms with Gasteiger partial charge in [-0.05, 0) is 13.8 Å². The predicted octanol–water partition coefficient (Wildman–Crippen LogP) is -0.678. The van der Waals surface area contributed by atoms with Crippen LogP contribution in [-0.4, -0.2) is 50.2 Å². The van der Waals surface area contributed by atoms with Gasteiger partial charge in [0, 0.05) is 5.57 Å². The number of likely N-dealkylation sites (N-methyl/N-ethyl adjacent to an activating group) is 1. The number of hydrogen-bond donors (Lipinski definition) is 0. The quantitative estimate of drug-likeness (QED) is 0.344. The van der Waals surface area contributed by atoms with Crippen molar-refractivity contribution in [1.82, 2.24) is 0 Å². The fourth-order valence-electron chi connectivity index (χ4n) is 1.05. The lowest BCUT2D eigenvalue weighted by atomic mass is 10.3. The molecule has 5 heteroatoms. The summed E-state index contributed by atoms with van der Waals surface area (Å²) in [4.78, 5) is 21.7. The van der Waals surface area contributed by atoms with Crippen LogP contribution in [0.4, 0.5) is 0 Å². The first kappa shape index (κ1) is 14.6. The monoisotopic (exact) mass is 229 g/mol. The molecule has 0 heterocycles. The van der Waals surface area contributed by atoms with Crippen molar-refractivity contribution in [2.75, 3.05) is 33.8 Å². The molecule has 0 saturated heterocycles. The van der Waals surface area contributed by atoms with Crippen LogP contribution >= 0.6 is 0 Å². The lowest BCUT2D eigenvalue weighted by molar-refractivity contribution is -0.884. The van der Waals surface area contributed by atoms with E-state index >= 15 is 0 Å². The Morgan fingerprint density at radius 1 is 1.38 bits per heavy atom. The molecule has 0 aromatic heterocycles. The highest BCUT2D eigenvalue weighted by molar-refractivity contribution is 5.87. The number of allylic oxidation sites excluding steroid dienone is 1. The van der Waals surface area contributed by atoms with E-state index in [9.17, 15) is 14.7 Å². The van der Waals surface area contributed by atoms with E-state index in [1.807, 2.05) is 0 Å². The molecule has 0 radical (unpaired) electrons. The first-order valence-electron chi connectivity index (χ1n) is 5.10. The zero-order valence-electron chi connectivity index (χ0n) is 10.3. The Hall–Kier alpha value is -1.36. The normalized spacial score (nSPS) is 12.4. The predicted molar refractivity (Wildman–Crippen MR) is 57.2 cm³/mol. The molecule has 0 bridgehead atoms. The first-order valence-corrected chi connectivity index (χ1v) is 5.10. The van der Waals surface area contributed by atoms with Gasteiger partial charge in [-0.3, -0.25) is 0 Å². The minimum atomic E-state index is -1.11. The van der Waals surface area contributed by atoms with Crippen molar-refractivity contribution < 1.29 is 23.9 Å². The molecule has 0 aromatic carbocycles. The maximum absolute atomic E-state index is 11.3. The number of nitrogens with zero attached hydrogens (tertiary/aromatic N) is 1. The Morgan fingerprint density at radius 2 is 1.94 bits per heavy atom. The number of carbonyl (C=O) groups is 2. The van der Waals surface area contributed by atoms with Gasteiger partial charge in [-0.2, -0.15) is 0 Å². The minimum absolute atomic E-state index is 0.0971. The number of quaternary nitrogens is 1. The van der Waals surface area contributed by atoms with Gasteiger partial charge < -0.3 is 19.1 Å². The van der Waals surface area contributed by atoms with E-state index in [1.54, 1.807) is 34.0 Å². The van der Waals surface area contributed by atoms with Gasteiger partial charge in [0.1, 0.15) is 19.7 Å². The Bertz CT molecular complexity index is 294. The van der Waals surface area contributed by atoms with Crippen molar-refractivity contribution >= 4 is 11.9 Å². The molecular weight excluding hydrogens is 210 g/mol. The Morgan fingerprint density at radius 3 is 2.38 bits per heavy atom. The number of ether oxygens (including phenoxy) is 1. The second kappa shape index (κ2) is 6.27. The van der Waals surface area contributed by atoms with E-state index in [-0.39, 0.29) is 23.6 Å². The van der Waals surface area contributed by atoms with Crippen molar-refractivity contribution in [2.24, 2.45) is 0 Å². The summed E-state index contributed by atoms with van der Waals surface area (Å²) in [5.74, 6) is -1.48. The number of carbonyl (C=O) groups excluding carboxylic acids is 2. The number of carboxylic acid groups (broad SMARTS) is 1. The molecule has 0 aliphatic rings. The summed E-state index contributed by atoms with van der Waals surface area (Å²) in [6, 6.07) is 0. The average molecular weight is 229 g/mol. The van der Waals surface area contributed by atoms with E-state index in [0.29, 0.717) is 12.1 Å². The molecule has 0 N–H and O–H groups in total. The van der Waals surface area contributed by atoms with Crippen LogP contribution in [0.25, 0.3) is 0 Å². The zero-order valence-corrected chi connectivity index (χ0v) is 10.3. The van der Waals surface area contributed by atoms with E-state index in [1.165, 1.54) is 0 Å². The largest absolute Gasteiger partial charge is 0.544 e. The number of hydrogen-bond acceptors (Lipinski definition) is 4. The number of esters is 1. The van der Waals surface area contributed by atoms with Gasteiger partial charge in [-0.25, -0.2) is 4.79 Å². The smallest absolute Gasteiger partial charge is 0.333 e. The van der Waals surface area contributed by atoms with Crippen molar-refractivity contribution in [1.29, 1.82) is 0 Å². The summed E-state index contributed by atoms with van der Waals surface area (Å²) in [5.41, 5.74) is 0.546. The number of carboxylic acids is 1. The highest BCUT2D eigenvalue weighted by atomic mass is 16.5. The van der Waals surface area contributed by atoms with Crippen molar-refractivity contribution in [3.8, 4) is 0 Å². The summed E-state index contributed by atoms with van der Waals surface area (Å²) in [7, 11) is 3.48. The average Bonchev–Trinajstić information content (AvgIpc) is 2.13. The van der Waals surface area contributed by atoms with E-state index in [4.69, 9.17) is 4.74 Å². The summed E-state index contributed by atoms with van der Waals surface area (Å²) in [6.45, 7) is 3.97. The molecule has 0 aromatic rings. The Kier molecular flexibility index (Phi) is 5.74. The molecule has 0 rings (SSSR count). The third-order valence-corrected chi connectivity index (χ3v) is 2.24. The highest BCUT2D eigenvalue weighted by Gasteiger charge is 2.16. The molecule has 92 valence electrons. The lowest BCUT2D eigenvalue weighted by Crippen LogP contribution is -2.50. The SMILES string of the molecule is C/C=C(\C)C(=O)OCC[N+](C)(C)CC(=O)[O-]. The molecule has 5 nitrogen and oxygen atoms in total. The van der Waals surface area contributed by atoms with Crippen LogP contribution in [0.2, 0.25) is 0 Å². The van der Waals surface area contributed by atoms with Crippen LogP contribution < -0.4 is 5.11 Å². The molecular formula is C11H19NO4. The first-order chi connectivity index (χ1) is 7.28. The summed E-state index contributed by atoms with van der Waals surface area (Å²) in [5, 5.41) is 10.4. The van der Waals surface area contributed by atoms with Crippen LogP contribution in [0.1, 0.15) is 13.8 Å². The Balaban J connectivity index is 3.98. The Labute approximate surface area is 95.9 Å². The molecule has 0 unspecified atom stereocenters.